The fraction of sp³-hybridized carbons (Fsp3) is 0.0667. The lowest BCUT2D eigenvalue weighted by Crippen LogP contribution is -2.33. The molecule has 0 saturated heterocycles. The Morgan fingerprint density at radius 1 is 1.27 bits per heavy atom. The third kappa shape index (κ3) is 3.88. The maximum absolute atomic E-state index is 9.95. The molecular weight excluding hydrogens is 341 g/mol. The minimum atomic E-state index is -0.0850. The monoisotopic (exact) mass is 353 g/mol. The number of benzene rings is 2. The fourth-order valence-corrected chi connectivity index (χ4v) is 2.38. The highest BCUT2D eigenvalue weighted by atomic mass is 35.5. The van der Waals surface area contributed by atoms with E-state index in [2.05, 4.69) is 10.4 Å². The van der Waals surface area contributed by atoms with E-state index in [1.54, 1.807) is 13.1 Å². The van der Waals surface area contributed by atoms with Crippen LogP contribution in [0.3, 0.4) is 0 Å². The van der Waals surface area contributed by atoms with Gasteiger partial charge >= 0.3 is 0 Å². The molecule has 0 aliphatic rings. The number of phenols is 1. The second-order valence-corrected chi connectivity index (χ2v) is 5.50. The van der Waals surface area contributed by atoms with Crippen molar-refractivity contribution in [3.8, 4) is 5.75 Å². The van der Waals surface area contributed by atoms with E-state index in [0.717, 1.165) is 5.69 Å². The first kappa shape index (κ1) is 16.5. The Morgan fingerprint density at radius 2 is 1.95 bits per heavy atom. The van der Waals surface area contributed by atoms with Gasteiger partial charge in [-0.3, -0.25) is 0 Å². The van der Waals surface area contributed by atoms with Crippen LogP contribution in [0.15, 0.2) is 47.6 Å². The average Bonchev–Trinajstić information content (AvgIpc) is 2.52. The minimum Gasteiger partial charge on any atom is -0.506 e. The van der Waals surface area contributed by atoms with Crippen LogP contribution in [0.2, 0.25) is 10.0 Å². The highest BCUT2D eigenvalue weighted by Crippen LogP contribution is 2.30. The van der Waals surface area contributed by atoms with E-state index in [0.29, 0.717) is 15.7 Å². The molecule has 2 aromatic carbocycles. The Bertz CT molecular complexity index is 707. The van der Waals surface area contributed by atoms with Crippen molar-refractivity contribution in [2.45, 2.75) is 0 Å². The van der Waals surface area contributed by atoms with Gasteiger partial charge in [0.15, 0.2) is 5.11 Å². The number of hydrogen-bond acceptors (Lipinski definition) is 3. The molecule has 0 unspecified atom stereocenters. The molecule has 7 heteroatoms. The molecule has 0 amide bonds. The molecule has 0 saturated carbocycles. The van der Waals surface area contributed by atoms with Crippen LogP contribution < -0.4 is 10.3 Å². The van der Waals surface area contributed by atoms with Crippen molar-refractivity contribution in [1.29, 1.82) is 0 Å². The predicted octanol–water partition coefficient (Wildman–Crippen LogP) is 4.04. The van der Waals surface area contributed by atoms with Gasteiger partial charge in [-0.15, -0.1) is 0 Å². The molecule has 114 valence electrons. The Kier molecular flexibility index (Phi) is 5.60. The van der Waals surface area contributed by atoms with E-state index in [9.17, 15) is 5.11 Å². The van der Waals surface area contributed by atoms with E-state index < -0.39 is 0 Å². The van der Waals surface area contributed by atoms with Crippen molar-refractivity contribution in [3.63, 3.8) is 0 Å². The summed E-state index contributed by atoms with van der Waals surface area (Å²) < 4.78 is 0. The first-order valence-corrected chi connectivity index (χ1v) is 7.48. The van der Waals surface area contributed by atoms with E-state index in [-0.39, 0.29) is 10.8 Å². The van der Waals surface area contributed by atoms with Gasteiger partial charge in [-0.05, 0) is 36.5 Å². The second kappa shape index (κ2) is 7.45. The van der Waals surface area contributed by atoms with Crippen LogP contribution in [-0.4, -0.2) is 23.5 Å². The van der Waals surface area contributed by atoms with Crippen LogP contribution in [0.1, 0.15) is 5.56 Å². The maximum Gasteiger partial charge on any atom is 0.194 e. The fourth-order valence-electron chi connectivity index (χ4n) is 1.72. The Hall–Kier alpha value is -1.82. The van der Waals surface area contributed by atoms with Crippen molar-refractivity contribution in [1.82, 2.24) is 5.32 Å². The quantitative estimate of drug-likeness (QED) is 0.496. The number of nitrogens with one attached hydrogen (secondary N) is 1. The third-order valence-corrected chi connectivity index (χ3v) is 3.66. The molecule has 22 heavy (non-hydrogen) atoms. The number of hydrazone groups is 1. The molecule has 0 radical (unpaired) electrons. The van der Waals surface area contributed by atoms with Gasteiger partial charge in [-0.1, -0.05) is 41.4 Å². The third-order valence-electron chi connectivity index (χ3n) is 2.78. The molecule has 0 aromatic heterocycles. The van der Waals surface area contributed by atoms with Gasteiger partial charge in [0, 0.05) is 17.6 Å². The lowest BCUT2D eigenvalue weighted by atomic mass is 10.2. The van der Waals surface area contributed by atoms with E-state index in [1.165, 1.54) is 17.3 Å². The van der Waals surface area contributed by atoms with Crippen molar-refractivity contribution in [3.05, 3.63) is 58.1 Å². The Morgan fingerprint density at radius 3 is 2.59 bits per heavy atom. The summed E-state index contributed by atoms with van der Waals surface area (Å²) in [5, 5.41) is 19.6. The number of aromatic hydroxyl groups is 1. The van der Waals surface area contributed by atoms with Crippen LogP contribution in [-0.2, 0) is 0 Å². The van der Waals surface area contributed by atoms with Gasteiger partial charge in [0.2, 0.25) is 0 Å². The zero-order valence-electron chi connectivity index (χ0n) is 11.6. The molecular formula is C15H13Cl2N3OS. The number of thiocarbonyl (C=S) groups is 1. The van der Waals surface area contributed by atoms with Crippen LogP contribution in [0.5, 0.6) is 5.75 Å². The van der Waals surface area contributed by atoms with Crippen LogP contribution in [0.25, 0.3) is 0 Å². The van der Waals surface area contributed by atoms with Crippen molar-refractivity contribution < 1.29 is 5.11 Å². The van der Waals surface area contributed by atoms with Crippen molar-refractivity contribution in [2.75, 3.05) is 12.1 Å². The van der Waals surface area contributed by atoms with Gasteiger partial charge in [0.25, 0.3) is 0 Å². The van der Waals surface area contributed by atoms with E-state index in [4.69, 9.17) is 35.4 Å². The lowest BCUT2D eigenvalue weighted by molar-refractivity contribution is 0.474. The molecule has 0 aliphatic heterocycles. The zero-order valence-corrected chi connectivity index (χ0v) is 14.0. The normalized spacial score (nSPS) is 10.7. The molecule has 0 aliphatic carbocycles. The number of hydrogen-bond donors (Lipinski definition) is 2. The highest BCUT2D eigenvalue weighted by molar-refractivity contribution is 7.80. The highest BCUT2D eigenvalue weighted by Gasteiger charge is 2.10. The van der Waals surface area contributed by atoms with Gasteiger partial charge < -0.3 is 10.4 Å². The summed E-state index contributed by atoms with van der Waals surface area (Å²) in [6, 6.07) is 12.4. The molecule has 0 spiro atoms. The summed E-state index contributed by atoms with van der Waals surface area (Å²) in [5.74, 6) is -0.0850. The minimum absolute atomic E-state index is 0.0850. The number of halogens is 2. The van der Waals surface area contributed by atoms with Crippen LogP contribution in [0.4, 0.5) is 5.69 Å². The number of nitrogens with zero attached hydrogens (tertiary/aromatic N) is 2. The molecule has 0 atom stereocenters. The second-order valence-electron chi connectivity index (χ2n) is 4.27. The van der Waals surface area contributed by atoms with Crippen molar-refractivity contribution in [2.24, 2.45) is 5.10 Å². The largest absolute Gasteiger partial charge is 0.506 e. The van der Waals surface area contributed by atoms with Gasteiger partial charge in [-0.25, -0.2) is 5.01 Å². The number of phenolic OH excluding ortho intramolecular Hbond substituents is 1. The molecule has 0 fully saturated rings. The number of anilines is 1. The standard InChI is InChI=1S/C15H13Cl2N3OS/c1-18-15(22)20(12-5-3-2-4-6-12)19-9-10-7-11(16)8-13(17)14(10)21/h2-9,21H,1H3,(H,18,22). The lowest BCUT2D eigenvalue weighted by Gasteiger charge is -2.19. The van der Waals surface area contributed by atoms with Gasteiger partial charge in [0.05, 0.1) is 16.9 Å². The zero-order chi connectivity index (χ0) is 16.1. The molecule has 2 N–H and O–H groups in total. The average molecular weight is 354 g/mol. The van der Waals surface area contributed by atoms with Crippen LogP contribution >= 0.6 is 35.4 Å². The molecule has 2 aromatic rings. The summed E-state index contributed by atoms with van der Waals surface area (Å²) in [4.78, 5) is 0. The Balaban J connectivity index is 2.38. The van der Waals surface area contributed by atoms with E-state index in [1.807, 2.05) is 30.3 Å². The Labute approximate surface area is 144 Å². The van der Waals surface area contributed by atoms with Crippen LogP contribution in [0, 0.1) is 0 Å². The summed E-state index contributed by atoms with van der Waals surface area (Å²) in [5.41, 5.74) is 1.18. The smallest absolute Gasteiger partial charge is 0.194 e. The summed E-state index contributed by atoms with van der Waals surface area (Å²) in [6.45, 7) is 0. The molecule has 0 heterocycles. The number of rotatable bonds is 3. The SMILES string of the molecule is CNC(=S)N(N=Cc1cc(Cl)cc(Cl)c1O)c1ccccc1. The number of para-hydroxylation sites is 1. The van der Waals surface area contributed by atoms with E-state index >= 15 is 0 Å². The molecule has 4 nitrogen and oxygen atoms in total. The summed E-state index contributed by atoms with van der Waals surface area (Å²) >= 11 is 17.1. The first-order chi connectivity index (χ1) is 10.5. The summed E-state index contributed by atoms with van der Waals surface area (Å²) in [7, 11) is 1.71. The molecule has 2 rings (SSSR count). The predicted molar refractivity (Wildman–Crippen MR) is 96.3 cm³/mol. The van der Waals surface area contributed by atoms with Gasteiger partial charge in [-0.2, -0.15) is 5.10 Å². The first-order valence-electron chi connectivity index (χ1n) is 6.32. The topological polar surface area (TPSA) is 47.9 Å². The molecule has 0 bridgehead atoms. The van der Waals surface area contributed by atoms with Gasteiger partial charge in [0.1, 0.15) is 5.75 Å². The van der Waals surface area contributed by atoms with Crippen molar-refractivity contribution >= 4 is 52.4 Å². The summed E-state index contributed by atoms with van der Waals surface area (Å²) in [6.07, 6.45) is 1.45. The maximum atomic E-state index is 9.95.